The van der Waals surface area contributed by atoms with E-state index >= 15 is 0 Å². The summed E-state index contributed by atoms with van der Waals surface area (Å²) in [4.78, 5) is 24.6. The summed E-state index contributed by atoms with van der Waals surface area (Å²) in [6, 6.07) is -0.542. The van der Waals surface area contributed by atoms with Crippen LogP contribution in [0.3, 0.4) is 0 Å². The van der Waals surface area contributed by atoms with Crippen molar-refractivity contribution >= 4 is 11.9 Å². The first-order valence-corrected chi connectivity index (χ1v) is 4.97. The molecule has 0 heterocycles. The predicted octanol–water partition coefficient (Wildman–Crippen LogP) is 0.972. The zero-order valence-corrected chi connectivity index (χ0v) is 9.45. The Balaban J connectivity index is 2.68. The molecule has 0 aromatic heterocycles. The van der Waals surface area contributed by atoms with Crippen molar-refractivity contribution in [3.8, 4) is 0 Å². The Kier molecular flexibility index (Phi) is 3.17. The molecule has 0 aromatic carbocycles. The Hall–Kier alpha value is -1.32. The lowest BCUT2D eigenvalue weighted by Crippen LogP contribution is -2.44. The zero-order valence-electron chi connectivity index (χ0n) is 9.45. The highest BCUT2D eigenvalue weighted by Crippen LogP contribution is 2.48. The number of nitrogens with zero attached hydrogens (tertiary/aromatic N) is 1. The SMILES string of the molecule is C=CC1(C(=O)N(C)[C@H](C)C(=O)OC)CC1. The minimum atomic E-state index is -0.542. The Morgan fingerprint density at radius 1 is 1.53 bits per heavy atom. The molecular weight excluding hydrogens is 194 g/mol. The van der Waals surface area contributed by atoms with E-state index in [4.69, 9.17) is 0 Å². The summed E-state index contributed by atoms with van der Waals surface area (Å²) < 4.78 is 4.59. The van der Waals surface area contributed by atoms with Crippen molar-refractivity contribution in [2.24, 2.45) is 5.41 Å². The van der Waals surface area contributed by atoms with Gasteiger partial charge in [0.25, 0.3) is 0 Å². The number of esters is 1. The maximum atomic E-state index is 12.0. The van der Waals surface area contributed by atoms with Crippen LogP contribution in [0.25, 0.3) is 0 Å². The predicted molar refractivity (Wildman–Crippen MR) is 56.1 cm³/mol. The number of carbonyl (C=O) groups is 2. The monoisotopic (exact) mass is 211 g/mol. The summed E-state index contributed by atoms with van der Waals surface area (Å²) in [6.07, 6.45) is 3.33. The zero-order chi connectivity index (χ0) is 11.6. The van der Waals surface area contributed by atoms with Gasteiger partial charge in [0.1, 0.15) is 6.04 Å². The second-order valence-electron chi connectivity index (χ2n) is 3.98. The summed E-state index contributed by atoms with van der Waals surface area (Å²) in [5.74, 6) is -0.443. The molecule has 84 valence electrons. The van der Waals surface area contributed by atoms with Crippen LogP contribution in [0, 0.1) is 5.41 Å². The second kappa shape index (κ2) is 4.04. The van der Waals surface area contributed by atoms with Gasteiger partial charge in [-0.15, -0.1) is 6.58 Å². The van der Waals surface area contributed by atoms with Crippen LogP contribution in [-0.2, 0) is 14.3 Å². The van der Waals surface area contributed by atoms with Crippen LogP contribution in [0.4, 0.5) is 0 Å². The maximum absolute atomic E-state index is 12.0. The molecule has 0 aromatic rings. The highest BCUT2D eigenvalue weighted by Gasteiger charge is 2.49. The molecule has 1 aliphatic carbocycles. The number of ether oxygens (including phenoxy) is 1. The summed E-state index contributed by atoms with van der Waals surface area (Å²) in [7, 11) is 2.94. The fraction of sp³-hybridized carbons (Fsp3) is 0.636. The molecule has 1 rings (SSSR count). The number of methoxy groups -OCH3 is 1. The fourth-order valence-corrected chi connectivity index (χ4v) is 1.50. The van der Waals surface area contributed by atoms with Gasteiger partial charge in [-0.2, -0.15) is 0 Å². The van der Waals surface area contributed by atoms with Gasteiger partial charge in [-0.3, -0.25) is 4.79 Å². The molecule has 0 unspecified atom stereocenters. The van der Waals surface area contributed by atoms with Crippen LogP contribution in [-0.4, -0.2) is 37.0 Å². The number of rotatable bonds is 4. The quantitative estimate of drug-likeness (QED) is 0.514. The fourth-order valence-electron chi connectivity index (χ4n) is 1.50. The lowest BCUT2D eigenvalue weighted by atomic mass is 10.1. The average Bonchev–Trinajstić information content (AvgIpc) is 3.05. The number of hydrogen-bond donors (Lipinski definition) is 0. The Morgan fingerprint density at radius 3 is 2.40 bits per heavy atom. The molecule has 1 fully saturated rings. The van der Waals surface area contributed by atoms with Crippen molar-refractivity contribution in [2.45, 2.75) is 25.8 Å². The number of likely N-dealkylation sites (N-methyl/N-ethyl adjacent to an activating group) is 1. The van der Waals surface area contributed by atoms with Crippen molar-refractivity contribution in [3.63, 3.8) is 0 Å². The lowest BCUT2D eigenvalue weighted by molar-refractivity contribution is -0.152. The topological polar surface area (TPSA) is 46.6 Å². The third-order valence-electron chi connectivity index (χ3n) is 3.05. The van der Waals surface area contributed by atoms with E-state index in [1.54, 1.807) is 20.0 Å². The van der Waals surface area contributed by atoms with Crippen LogP contribution in [0.1, 0.15) is 19.8 Å². The average molecular weight is 211 g/mol. The molecule has 1 saturated carbocycles. The summed E-state index contributed by atoms with van der Waals surface area (Å²) >= 11 is 0. The Morgan fingerprint density at radius 2 is 2.07 bits per heavy atom. The molecule has 0 saturated heterocycles. The van der Waals surface area contributed by atoms with Crippen molar-refractivity contribution < 1.29 is 14.3 Å². The molecule has 1 amide bonds. The van der Waals surface area contributed by atoms with Crippen molar-refractivity contribution in [1.82, 2.24) is 4.90 Å². The minimum absolute atomic E-state index is 0.0459. The van der Waals surface area contributed by atoms with E-state index in [-0.39, 0.29) is 5.91 Å². The van der Waals surface area contributed by atoms with Gasteiger partial charge in [0.2, 0.25) is 5.91 Å². The first-order valence-electron chi connectivity index (χ1n) is 4.97. The third-order valence-corrected chi connectivity index (χ3v) is 3.05. The van der Waals surface area contributed by atoms with E-state index in [0.29, 0.717) is 0 Å². The molecule has 1 aliphatic rings. The highest BCUT2D eigenvalue weighted by atomic mass is 16.5. The van der Waals surface area contributed by atoms with E-state index in [1.165, 1.54) is 12.0 Å². The van der Waals surface area contributed by atoms with Gasteiger partial charge in [-0.25, -0.2) is 4.79 Å². The minimum Gasteiger partial charge on any atom is -0.467 e. The lowest BCUT2D eigenvalue weighted by Gasteiger charge is -2.25. The molecule has 0 spiro atoms. The van der Waals surface area contributed by atoms with Crippen molar-refractivity contribution in [3.05, 3.63) is 12.7 Å². The van der Waals surface area contributed by atoms with Crippen LogP contribution >= 0.6 is 0 Å². The van der Waals surface area contributed by atoms with Gasteiger partial charge in [0.15, 0.2) is 0 Å². The molecular formula is C11H17NO3. The van der Waals surface area contributed by atoms with Gasteiger partial charge in [0, 0.05) is 7.05 Å². The van der Waals surface area contributed by atoms with E-state index in [0.717, 1.165) is 12.8 Å². The summed E-state index contributed by atoms with van der Waals surface area (Å²) in [5, 5.41) is 0. The summed E-state index contributed by atoms with van der Waals surface area (Å²) in [6.45, 7) is 5.31. The molecule has 15 heavy (non-hydrogen) atoms. The molecule has 0 aliphatic heterocycles. The first kappa shape index (κ1) is 11.8. The standard InChI is InChI=1S/C11H17NO3/c1-5-11(6-7-11)10(14)12(3)8(2)9(13)15-4/h5,8H,1,6-7H2,2-4H3/t8-/m1/s1. The highest BCUT2D eigenvalue weighted by molar-refractivity contribution is 5.90. The Labute approximate surface area is 89.9 Å². The number of hydrogen-bond acceptors (Lipinski definition) is 3. The molecule has 0 radical (unpaired) electrons. The smallest absolute Gasteiger partial charge is 0.328 e. The van der Waals surface area contributed by atoms with Crippen LogP contribution < -0.4 is 0 Å². The van der Waals surface area contributed by atoms with Crippen molar-refractivity contribution in [1.29, 1.82) is 0 Å². The second-order valence-corrected chi connectivity index (χ2v) is 3.98. The molecule has 4 heteroatoms. The van der Waals surface area contributed by atoms with Gasteiger partial charge in [-0.1, -0.05) is 6.08 Å². The molecule has 0 bridgehead atoms. The Bertz CT molecular complexity index is 294. The van der Waals surface area contributed by atoms with Gasteiger partial charge in [-0.05, 0) is 19.8 Å². The normalized spacial score (nSPS) is 18.9. The molecule has 1 atom stereocenters. The third kappa shape index (κ3) is 2.03. The maximum Gasteiger partial charge on any atom is 0.328 e. The largest absolute Gasteiger partial charge is 0.467 e. The molecule has 4 nitrogen and oxygen atoms in total. The number of carbonyl (C=O) groups excluding carboxylic acids is 2. The van der Waals surface area contributed by atoms with Crippen molar-refractivity contribution in [2.75, 3.05) is 14.2 Å². The first-order chi connectivity index (χ1) is 6.98. The van der Waals surface area contributed by atoms with Crippen LogP contribution in [0.2, 0.25) is 0 Å². The molecule has 0 N–H and O–H groups in total. The van der Waals surface area contributed by atoms with Gasteiger partial charge in [0.05, 0.1) is 12.5 Å². The van der Waals surface area contributed by atoms with Gasteiger partial charge >= 0.3 is 5.97 Å². The van der Waals surface area contributed by atoms with E-state index in [1.807, 2.05) is 0 Å². The van der Waals surface area contributed by atoms with Gasteiger partial charge < -0.3 is 9.64 Å². The van der Waals surface area contributed by atoms with E-state index in [9.17, 15) is 9.59 Å². The van der Waals surface area contributed by atoms with E-state index in [2.05, 4.69) is 11.3 Å². The van der Waals surface area contributed by atoms with Crippen LogP contribution in [0.5, 0.6) is 0 Å². The summed E-state index contributed by atoms with van der Waals surface area (Å²) in [5.41, 5.74) is -0.420. The van der Waals surface area contributed by atoms with Crippen LogP contribution in [0.15, 0.2) is 12.7 Å². The number of amides is 1. The van der Waals surface area contributed by atoms with E-state index < -0.39 is 17.4 Å².